The van der Waals surface area contributed by atoms with E-state index in [2.05, 4.69) is 9.97 Å². The van der Waals surface area contributed by atoms with Crippen LogP contribution in [-0.4, -0.2) is 32.9 Å². The number of nitrogens with two attached hydrogens (primary N) is 1. The highest BCUT2D eigenvalue weighted by Gasteiger charge is 2.11. The number of ketones is 1. The van der Waals surface area contributed by atoms with Gasteiger partial charge in [0.1, 0.15) is 11.8 Å². The number of H-pyrrole nitrogens is 1. The molecule has 4 N–H and O–H groups in total. The largest absolute Gasteiger partial charge is 0.480 e. The van der Waals surface area contributed by atoms with Crippen LogP contribution in [0.5, 0.6) is 0 Å². The second-order valence-electron chi connectivity index (χ2n) is 3.13. The van der Waals surface area contributed by atoms with Gasteiger partial charge in [0.15, 0.2) is 0 Å². The fourth-order valence-electron chi connectivity index (χ4n) is 0.721. The summed E-state index contributed by atoms with van der Waals surface area (Å²) in [5.41, 5.74) is 6.00. The van der Waals surface area contributed by atoms with Gasteiger partial charge in [0, 0.05) is 18.3 Å². The Bertz CT molecular complexity index is 304. The van der Waals surface area contributed by atoms with Crippen LogP contribution in [0.15, 0.2) is 12.5 Å². The molecule has 0 unspecified atom stereocenters. The van der Waals surface area contributed by atoms with Gasteiger partial charge in [0.05, 0.1) is 6.33 Å². The van der Waals surface area contributed by atoms with Crippen molar-refractivity contribution in [3.63, 3.8) is 0 Å². The predicted octanol–water partition coefficient (Wildman–Crippen LogP) is -0.0406. The number of rotatable bonds is 3. The van der Waals surface area contributed by atoms with Crippen molar-refractivity contribution in [2.75, 3.05) is 0 Å². The van der Waals surface area contributed by atoms with Crippen molar-refractivity contribution in [2.45, 2.75) is 26.3 Å². The zero-order valence-corrected chi connectivity index (χ0v) is 8.73. The molecule has 0 spiro atoms. The van der Waals surface area contributed by atoms with Crippen LogP contribution in [0.25, 0.3) is 0 Å². The molecule has 0 saturated carbocycles. The molecule has 15 heavy (non-hydrogen) atoms. The summed E-state index contributed by atoms with van der Waals surface area (Å²) in [4.78, 5) is 26.2. The van der Waals surface area contributed by atoms with Crippen molar-refractivity contribution in [1.29, 1.82) is 0 Å². The standard InChI is InChI=1S/C6H9N3O2.C3H6O/c7-5(6(10)11)1-4-2-8-3-9-4;1-3(2)4/h2-3,5H,1,7H2,(H,8,9)(H,10,11);1-2H3/t5-;/m0./s1. The highest BCUT2D eigenvalue weighted by atomic mass is 16.4. The molecule has 1 heterocycles. The lowest BCUT2D eigenvalue weighted by atomic mass is 10.2. The monoisotopic (exact) mass is 213 g/mol. The van der Waals surface area contributed by atoms with Gasteiger partial charge in [-0.15, -0.1) is 0 Å². The van der Waals surface area contributed by atoms with Crippen LogP contribution in [-0.2, 0) is 16.0 Å². The molecular formula is C9H15N3O3. The van der Waals surface area contributed by atoms with Gasteiger partial charge in [0.25, 0.3) is 0 Å². The minimum Gasteiger partial charge on any atom is -0.480 e. The molecule has 1 atom stereocenters. The summed E-state index contributed by atoms with van der Waals surface area (Å²) in [5, 5.41) is 8.42. The molecule has 0 aliphatic carbocycles. The Morgan fingerprint density at radius 3 is 2.47 bits per heavy atom. The third kappa shape index (κ3) is 7.39. The van der Waals surface area contributed by atoms with Crippen LogP contribution in [0.3, 0.4) is 0 Å². The highest BCUT2D eigenvalue weighted by Crippen LogP contribution is 1.95. The molecule has 6 heteroatoms. The minimum atomic E-state index is -1.00. The van der Waals surface area contributed by atoms with E-state index in [0.29, 0.717) is 0 Å². The van der Waals surface area contributed by atoms with Crippen LogP contribution >= 0.6 is 0 Å². The Balaban J connectivity index is 0.000000423. The van der Waals surface area contributed by atoms with Gasteiger partial charge in [0.2, 0.25) is 0 Å². The van der Waals surface area contributed by atoms with E-state index in [0.717, 1.165) is 5.69 Å². The number of nitrogens with zero attached hydrogens (tertiary/aromatic N) is 1. The van der Waals surface area contributed by atoms with Crippen molar-refractivity contribution >= 4 is 11.8 Å². The molecule has 1 aromatic rings. The number of aromatic nitrogens is 2. The number of carbonyl (C=O) groups is 2. The molecule has 1 rings (SSSR count). The third-order valence-corrected chi connectivity index (χ3v) is 1.31. The molecular weight excluding hydrogens is 198 g/mol. The number of carbonyl (C=O) groups excluding carboxylic acids is 1. The van der Waals surface area contributed by atoms with Crippen LogP contribution < -0.4 is 5.73 Å². The predicted molar refractivity (Wildman–Crippen MR) is 54.3 cm³/mol. The van der Waals surface area contributed by atoms with E-state index in [1.165, 1.54) is 20.2 Å². The summed E-state index contributed by atoms with van der Waals surface area (Å²) >= 11 is 0. The van der Waals surface area contributed by atoms with Gasteiger partial charge in [-0.25, -0.2) is 4.98 Å². The second-order valence-corrected chi connectivity index (χ2v) is 3.13. The number of carboxylic acids is 1. The lowest BCUT2D eigenvalue weighted by Gasteiger charge is -2.02. The van der Waals surface area contributed by atoms with Crippen molar-refractivity contribution in [3.05, 3.63) is 18.2 Å². The molecule has 84 valence electrons. The number of aliphatic carboxylic acids is 1. The second kappa shape index (κ2) is 6.72. The average molecular weight is 213 g/mol. The lowest BCUT2D eigenvalue weighted by molar-refractivity contribution is -0.138. The first-order valence-electron chi connectivity index (χ1n) is 4.36. The summed E-state index contributed by atoms with van der Waals surface area (Å²) < 4.78 is 0. The van der Waals surface area contributed by atoms with Gasteiger partial charge in [-0.1, -0.05) is 0 Å². The summed E-state index contributed by atoms with van der Waals surface area (Å²) in [6.07, 6.45) is 3.34. The minimum absolute atomic E-state index is 0.167. The fourth-order valence-corrected chi connectivity index (χ4v) is 0.721. The molecule has 0 aliphatic rings. The number of imidazole rings is 1. The van der Waals surface area contributed by atoms with Crippen LogP contribution in [0.2, 0.25) is 0 Å². The number of carboxylic acid groups (broad SMARTS) is 1. The third-order valence-electron chi connectivity index (χ3n) is 1.31. The van der Waals surface area contributed by atoms with Gasteiger partial charge in [-0.2, -0.15) is 0 Å². The van der Waals surface area contributed by atoms with E-state index < -0.39 is 12.0 Å². The summed E-state index contributed by atoms with van der Waals surface area (Å²) in [6.45, 7) is 3.06. The average Bonchev–Trinajstić information content (AvgIpc) is 2.55. The summed E-state index contributed by atoms with van der Waals surface area (Å²) in [7, 11) is 0. The molecule has 0 fully saturated rings. The van der Waals surface area contributed by atoms with Crippen LogP contribution in [0.1, 0.15) is 19.5 Å². The van der Waals surface area contributed by atoms with E-state index in [1.54, 1.807) is 6.20 Å². The lowest BCUT2D eigenvalue weighted by Crippen LogP contribution is -2.32. The molecule has 0 saturated heterocycles. The Hall–Kier alpha value is -1.69. The first kappa shape index (κ1) is 13.3. The molecule has 0 radical (unpaired) electrons. The van der Waals surface area contributed by atoms with E-state index in [1.807, 2.05) is 0 Å². The molecule has 0 aromatic carbocycles. The summed E-state index contributed by atoms with van der Waals surface area (Å²) in [5.74, 6) is -0.834. The zero-order chi connectivity index (χ0) is 11.8. The molecule has 0 aliphatic heterocycles. The Labute approximate surface area is 87.5 Å². The first-order valence-corrected chi connectivity index (χ1v) is 4.36. The Morgan fingerprint density at radius 2 is 2.13 bits per heavy atom. The van der Waals surface area contributed by atoms with E-state index >= 15 is 0 Å². The van der Waals surface area contributed by atoms with Gasteiger partial charge in [-0.05, 0) is 13.8 Å². The SMILES string of the molecule is CC(C)=O.N[C@@H](Cc1cnc[nH]1)C(=O)O. The quantitative estimate of drug-likeness (QED) is 0.652. The Morgan fingerprint density at radius 1 is 1.60 bits per heavy atom. The maximum absolute atomic E-state index is 10.3. The zero-order valence-electron chi connectivity index (χ0n) is 8.73. The maximum Gasteiger partial charge on any atom is 0.320 e. The van der Waals surface area contributed by atoms with E-state index in [9.17, 15) is 9.59 Å². The molecule has 6 nitrogen and oxygen atoms in total. The normalized spacial score (nSPS) is 11.1. The topological polar surface area (TPSA) is 109 Å². The number of hydrogen-bond acceptors (Lipinski definition) is 4. The number of Topliss-reactive ketones (excluding diaryl/α,β-unsaturated/α-hetero) is 1. The van der Waals surface area contributed by atoms with Crippen molar-refractivity contribution in [3.8, 4) is 0 Å². The molecule has 0 bridgehead atoms. The first-order chi connectivity index (χ1) is 6.93. The number of hydrogen-bond donors (Lipinski definition) is 3. The maximum atomic E-state index is 10.3. The number of nitrogens with one attached hydrogen (secondary N) is 1. The van der Waals surface area contributed by atoms with Gasteiger partial charge in [-0.3, -0.25) is 4.79 Å². The van der Waals surface area contributed by atoms with Crippen molar-refractivity contribution in [1.82, 2.24) is 9.97 Å². The Kier molecular flexibility index (Phi) is 5.96. The van der Waals surface area contributed by atoms with Gasteiger partial charge < -0.3 is 20.6 Å². The highest BCUT2D eigenvalue weighted by molar-refractivity contribution is 5.73. The molecule has 1 aromatic heterocycles. The van der Waals surface area contributed by atoms with E-state index in [-0.39, 0.29) is 12.2 Å². The number of aromatic amines is 1. The van der Waals surface area contributed by atoms with Crippen LogP contribution in [0, 0.1) is 0 Å². The summed E-state index contributed by atoms with van der Waals surface area (Å²) in [6, 6.07) is -0.851. The van der Waals surface area contributed by atoms with Crippen molar-refractivity contribution < 1.29 is 14.7 Å². The van der Waals surface area contributed by atoms with E-state index in [4.69, 9.17) is 10.8 Å². The smallest absolute Gasteiger partial charge is 0.320 e. The van der Waals surface area contributed by atoms with Crippen molar-refractivity contribution in [2.24, 2.45) is 5.73 Å². The van der Waals surface area contributed by atoms with Crippen LogP contribution in [0.4, 0.5) is 0 Å². The fraction of sp³-hybridized carbons (Fsp3) is 0.444. The molecule has 0 amide bonds. The van der Waals surface area contributed by atoms with Gasteiger partial charge >= 0.3 is 5.97 Å².